The molecule has 0 saturated carbocycles. The summed E-state index contributed by atoms with van der Waals surface area (Å²) in [5, 5.41) is 0.110. The molecule has 0 aliphatic rings. The van der Waals surface area contributed by atoms with Crippen molar-refractivity contribution in [3.05, 3.63) is 28.5 Å². The molecule has 0 unspecified atom stereocenters. The third kappa shape index (κ3) is 3.07. The van der Waals surface area contributed by atoms with Gasteiger partial charge in [-0.25, -0.2) is 4.39 Å². The van der Waals surface area contributed by atoms with Gasteiger partial charge in [0.15, 0.2) is 0 Å². The van der Waals surface area contributed by atoms with Crippen molar-refractivity contribution in [2.24, 2.45) is 0 Å². The number of hydrogen-bond donors (Lipinski definition) is 0. The molecular formula is C12H18BrFOSi. The van der Waals surface area contributed by atoms with Gasteiger partial charge < -0.3 is 4.43 Å². The molecule has 1 aromatic rings. The van der Waals surface area contributed by atoms with E-state index in [2.05, 4.69) is 49.8 Å². The van der Waals surface area contributed by atoms with Crippen molar-refractivity contribution in [1.29, 1.82) is 0 Å². The Hall–Kier alpha value is -0.353. The summed E-state index contributed by atoms with van der Waals surface area (Å²) in [6.45, 7) is 10.8. The van der Waals surface area contributed by atoms with Gasteiger partial charge in [0.2, 0.25) is 0 Å². The van der Waals surface area contributed by atoms with Crippen LogP contribution in [0.15, 0.2) is 22.7 Å². The number of benzene rings is 1. The van der Waals surface area contributed by atoms with Crippen LogP contribution >= 0.6 is 15.9 Å². The molecule has 0 N–H and O–H groups in total. The molecule has 0 bridgehead atoms. The highest BCUT2D eigenvalue weighted by atomic mass is 79.9. The Kier molecular flexibility index (Phi) is 3.85. The zero-order valence-corrected chi connectivity index (χ0v) is 13.0. The predicted molar refractivity (Wildman–Crippen MR) is 71.9 cm³/mol. The van der Waals surface area contributed by atoms with Crippen LogP contribution in [0.25, 0.3) is 0 Å². The second-order valence-electron chi connectivity index (χ2n) is 5.44. The topological polar surface area (TPSA) is 9.23 Å². The summed E-state index contributed by atoms with van der Waals surface area (Å²) in [6, 6.07) is 4.53. The minimum atomic E-state index is -1.90. The van der Waals surface area contributed by atoms with Crippen LogP contribution < -0.4 is 4.43 Å². The Bertz CT molecular complexity index is 385. The van der Waals surface area contributed by atoms with Crippen LogP contribution in [0.5, 0.6) is 5.75 Å². The molecule has 1 nitrogen and oxygen atoms in total. The lowest BCUT2D eigenvalue weighted by Crippen LogP contribution is -2.43. The van der Waals surface area contributed by atoms with Gasteiger partial charge in [0.25, 0.3) is 8.32 Å². The standard InChI is InChI=1S/C12H18BrFOSi/c1-12(2,3)16(4,5)15-11-8-9(14)6-7-10(11)13/h6-8H,1-5H3. The van der Waals surface area contributed by atoms with Crippen molar-refractivity contribution < 1.29 is 8.82 Å². The van der Waals surface area contributed by atoms with E-state index in [1.807, 2.05) is 0 Å². The van der Waals surface area contributed by atoms with Crippen molar-refractivity contribution in [3.63, 3.8) is 0 Å². The van der Waals surface area contributed by atoms with Gasteiger partial charge in [0.1, 0.15) is 11.6 Å². The van der Waals surface area contributed by atoms with Gasteiger partial charge >= 0.3 is 0 Å². The normalized spacial score (nSPS) is 12.7. The van der Waals surface area contributed by atoms with Gasteiger partial charge in [-0.15, -0.1) is 0 Å². The first kappa shape index (κ1) is 13.7. The first-order valence-electron chi connectivity index (χ1n) is 5.27. The minimum Gasteiger partial charge on any atom is -0.543 e. The van der Waals surface area contributed by atoms with Gasteiger partial charge in [-0.1, -0.05) is 20.8 Å². The highest BCUT2D eigenvalue weighted by Crippen LogP contribution is 2.39. The van der Waals surface area contributed by atoms with E-state index in [4.69, 9.17) is 4.43 Å². The third-order valence-corrected chi connectivity index (χ3v) is 8.06. The molecule has 0 spiro atoms. The summed E-state index contributed by atoms with van der Waals surface area (Å²) in [6.07, 6.45) is 0. The molecule has 4 heteroatoms. The monoisotopic (exact) mass is 304 g/mol. The number of hydrogen-bond acceptors (Lipinski definition) is 1. The lowest BCUT2D eigenvalue weighted by molar-refractivity contribution is 0.485. The zero-order valence-electron chi connectivity index (χ0n) is 10.4. The van der Waals surface area contributed by atoms with Crippen LogP contribution in [0.2, 0.25) is 18.1 Å². The van der Waals surface area contributed by atoms with Gasteiger partial charge in [0, 0.05) is 6.07 Å². The molecule has 0 saturated heterocycles. The second-order valence-corrected chi connectivity index (χ2v) is 11.0. The highest BCUT2D eigenvalue weighted by molar-refractivity contribution is 9.10. The molecule has 0 radical (unpaired) electrons. The Labute approximate surface area is 106 Å². The summed E-state index contributed by atoms with van der Waals surface area (Å²) in [7, 11) is -1.90. The Morgan fingerprint density at radius 2 is 1.81 bits per heavy atom. The van der Waals surface area contributed by atoms with Crippen molar-refractivity contribution in [2.75, 3.05) is 0 Å². The highest BCUT2D eigenvalue weighted by Gasteiger charge is 2.39. The van der Waals surface area contributed by atoms with Crippen LogP contribution in [-0.4, -0.2) is 8.32 Å². The molecule has 0 aromatic heterocycles. The smallest absolute Gasteiger partial charge is 0.250 e. The fourth-order valence-corrected chi connectivity index (χ4v) is 2.49. The van der Waals surface area contributed by atoms with Crippen LogP contribution in [-0.2, 0) is 0 Å². The third-order valence-electron chi connectivity index (χ3n) is 3.06. The lowest BCUT2D eigenvalue weighted by Gasteiger charge is -2.36. The quantitative estimate of drug-likeness (QED) is 0.701. The van der Waals surface area contributed by atoms with E-state index in [0.717, 1.165) is 4.47 Å². The fourth-order valence-electron chi connectivity index (χ4n) is 0.983. The maximum Gasteiger partial charge on any atom is 0.250 e. The van der Waals surface area contributed by atoms with Crippen LogP contribution in [0.4, 0.5) is 4.39 Å². The van der Waals surface area contributed by atoms with Crippen LogP contribution in [0.1, 0.15) is 20.8 Å². The van der Waals surface area contributed by atoms with E-state index < -0.39 is 8.32 Å². The lowest BCUT2D eigenvalue weighted by atomic mass is 10.2. The molecule has 0 aliphatic heterocycles. The Morgan fingerprint density at radius 3 is 2.31 bits per heavy atom. The maximum absolute atomic E-state index is 13.1. The Morgan fingerprint density at radius 1 is 1.25 bits per heavy atom. The first-order valence-corrected chi connectivity index (χ1v) is 8.98. The van der Waals surface area contributed by atoms with E-state index >= 15 is 0 Å². The molecule has 90 valence electrons. The van der Waals surface area contributed by atoms with Crippen molar-refractivity contribution >= 4 is 24.2 Å². The van der Waals surface area contributed by atoms with Crippen molar-refractivity contribution in [2.45, 2.75) is 38.9 Å². The van der Waals surface area contributed by atoms with E-state index in [1.54, 1.807) is 6.07 Å². The summed E-state index contributed by atoms with van der Waals surface area (Å²) in [5.41, 5.74) is 0. The second kappa shape index (κ2) is 4.49. The zero-order chi connectivity index (χ0) is 12.6. The molecule has 1 rings (SSSR count). The SMILES string of the molecule is CC(C)(C)[Si](C)(C)Oc1cc(F)ccc1Br. The summed E-state index contributed by atoms with van der Waals surface area (Å²) >= 11 is 3.38. The Balaban J connectivity index is 3.01. The van der Waals surface area contributed by atoms with E-state index in [1.165, 1.54) is 12.1 Å². The summed E-state index contributed by atoms with van der Waals surface area (Å²) in [4.78, 5) is 0. The van der Waals surface area contributed by atoms with Gasteiger partial charge in [-0.3, -0.25) is 0 Å². The van der Waals surface area contributed by atoms with Crippen molar-refractivity contribution in [1.82, 2.24) is 0 Å². The van der Waals surface area contributed by atoms with E-state index in [-0.39, 0.29) is 10.9 Å². The van der Waals surface area contributed by atoms with Crippen molar-refractivity contribution in [3.8, 4) is 5.75 Å². The fraction of sp³-hybridized carbons (Fsp3) is 0.500. The molecule has 16 heavy (non-hydrogen) atoms. The molecular weight excluding hydrogens is 287 g/mol. The van der Waals surface area contributed by atoms with Crippen LogP contribution in [0, 0.1) is 5.82 Å². The summed E-state index contributed by atoms with van der Waals surface area (Å²) < 4.78 is 20.0. The number of halogens is 2. The first-order chi connectivity index (χ1) is 7.13. The predicted octanol–water partition coefficient (Wildman–Crippen LogP) is 4.97. The van der Waals surface area contributed by atoms with Gasteiger partial charge in [0.05, 0.1) is 4.47 Å². The molecule has 0 aliphatic carbocycles. The molecule has 0 atom stereocenters. The molecule has 0 amide bonds. The molecule has 0 fully saturated rings. The summed E-state index contributed by atoms with van der Waals surface area (Å²) in [5.74, 6) is 0.337. The molecule has 0 heterocycles. The van der Waals surface area contributed by atoms with Gasteiger partial charge in [-0.05, 0) is 46.2 Å². The van der Waals surface area contributed by atoms with Crippen LogP contribution in [0.3, 0.4) is 0 Å². The van der Waals surface area contributed by atoms with E-state index in [0.29, 0.717) is 5.75 Å². The number of rotatable bonds is 2. The van der Waals surface area contributed by atoms with Gasteiger partial charge in [-0.2, -0.15) is 0 Å². The minimum absolute atomic E-state index is 0.110. The maximum atomic E-state index is 13.1. The average molecular weight is 305 g/mol. The average Bonchev–Trinajstić information content (AvgIpc) is 2.09. The van der Waals surface area contributed by atoms with E-state index in [9.17, 15) is 4.39 Å². The molecule has 1 aromatic carbocycles. The largest absolute Gasteiger partial charge is 0.543 e.